The number of aryl methyl sites for hydroxylation is 1. The number of aromatic nitrogens is 2. The summed E-state index contributed by atoms with van der Waals surface area (Å²) in [4.78, 5) is 22.1. The smallest absolute Gasteiger partial charge is 0.271 e. The lowest BCUT2D eigenvalue weighted by molar-refractivity contribution is 0.0553. The van der Waals surface area contributed by atoms with Crippen LogP contribution in [0.25, 0.3) is 0 Å². The summed E-state index contributed by atoms with van der Waals surface area (Å²) >= 11 is 1.63. The second kappa shape index (κ2) is 6.10. The first-order valence-corrected chi connectivity index (χ1v) is 9.69. The summed E-state index contributed by atoms with van der Waals surface area (Å²) in [6, 6.07) is 6.35. The molecule has 2 aliphatic rings. The van der Waals surface area contributed by atoms with E-state index in [1.54, 1.807) is 23.9 Å². The van der Waals surface area contributed by atoms with Gasteiger partial charge in [0.05, 0.1) is 41.9 Å². The molecule has 1 amide bonds. The number of carbonyl (C=O) groups excluding carboxylic acids is 1. The number of carbonyl (C=O) groups is 1. The monoisotopic (exact) mass is 368 g/mol. The minimum atomic E-state index is 0.104. The van der Waals surface area contributed by atoms with Crippen molar-refractivity contribution in [1.82, 2.24) is 19.4 Å². The summed E-state index contributed by atoms with van der Waals surface area (Å²) in [5.74, 6) is 0.104. The number of thiazole rings is 1. The molecule has 0 saturated carbocycles. The first-order valence-electron chi connectivity index (χ1n) is 8.81. The van der Waals surface area contributed by atoms with Gasteiger partial charge in [-0.2, -0.15) is 0 Å². The summed E-state index contributed by atoms with van der Waals surface area (Å²) in [7, 11) is 0. The van der Waals surface area contributed by atoms with E-state index in [0.29, 0.717) is 6.54 Å². The van der Waals surface area contributed by atoms with Crippen molar-refractivity contribution in [2.75, 3.05) is 13.1 Å². The van der Waals surface area contributed by atoms with Gasteiger partial charge in [0, 0.05) is 36.8 Å². The zero-order chi connectivity index (χ0) is 17.7. The standard InChI is InChI=1S/C19H20N4O2S/c1-13-20-15(12-26-13)8-23-18-10-21(7-14-4-6-25-11-14)9-17(18)22-5-2-3-16(22)19(23)24/h2-6,11-12,17-18H,7-10H2,1H3/t17-,18+/m0/s1. The molecular weight excluding hydrogens is 348 g/mol. The Hall–Kier alpha value is -2.38. The van der Waals surface area contributed by atoms with Gasteiger partial charge < -0.3 is 13.9 Å². The molecule has 0 unspecified atom stereocenters. The summed E-state index contributed by atoms with van der Waals surface area (Å²) in [6.45, 7) is 5.22. The quantitative estimate of drug-likeness (QED) is 0.711. The largest absolute Gasteiger partial charge is 0.472 e. The first-order chi connectivity index (χ1) is 12.7. The molecule has 7 heteroatoms. The van der Waals surface area contributed by atoms with E-state index >= 15 is 0 Å². The van der Waals surface area contributed by atoms with Crippen LogP contribution in [0.3, 0.4) is 0 Å². The lowest BCUT2D eigenvalue weighted by atomic mass is 10.1. The molecule has 0 bridgehead atoms. The molecule has 134 valence electrons. The number of hydrogen-bond donors (Lipinski definition) is 0. The van der Waals surface area contributed by atoms with E-state index in [2.05, 4.69) is 19.8 Å². The normalized spacial score (nSPS) is 22.7. The van der Waals surface area contributed by atoms with E-state index in [0.717, 1.165) is 36.0 Å². The second-order valence-electron chi connectivity index (χ2n) is 7.05. The second-order valence-corrected chi connectivity index (χ2v) is 8.11. The number of amides is 1. The van der Waals surface area contributed by atoms with Crippen LogP contribution in [0.4, 0.5) is 0 Å². The molecular formula is C19H20N4O2S. The molecule has 6 nitrogen and oxygen atoms in total. The van der Waals surface area contributed by atoms with Crippen molar-refractivity contribution in [3.8, 4) is 0 Å². The van der Waals surface area contributed by atoms with Gasteiger partial charge in [0.2, 0.25) is 0 Å². The molecule has 1 fully saturated rings. The van der Waals surface area contributed by atoms with Crippen LogP contribution in [0.15, 0.2) is 46.7 Å². The van der Waals surface area contributed by atoms with Crippen molar-refractivity contribution < 1.29 is 9.21 Å². The summed E-state index contributed by atoms with van der Waals surface area (Å²) in [6.07, 6.45) is 5.55. The molecule has 1 saturated heterocycles. The molecule has 2 aliphatic heterocycles. The van der Waals surface area contributed by atoms with E-state index in [-0.39, 0.29) is 18.0 Å². The SMILES string of the molecule is Cc1nc(CN2C(=O)c3cccn3[C@H]3CN(Cc4ccoc4)C[C@H]32)cs1. The highest BCUT2D eigenvalue weighted by Crippen LogP contribution is 2.35. The predicted molar refractivity (Wildman–Crippen MR) is 98.0 cm³/mol. The van der Waals surface area contributed by atoms with Crippen LogP contribution in [-0.2, 0) is 13.1 Å². The van der Waals surface area contributed by atoms with Gasteiger partial charge in [-0.25, -0.2) is 4.98 Å². The zero-order valence-electron chi connectivity index (χ0n) is 14.5. The van der Waals surface area contributed by atoms with Crippen LogP contribution in [0.1, 0.15) is 32.8 Å². The minimum Gasteiger partial charge on any atom is -0.472 e. The van der Waals surface area contributed by atoms with Crippen LogP contribution < -0.4 is 0 Å². The summed E-state index contributed by atoms with van der Waals surface area (Å²) in [5, 5.41) is 3.10. The molecule has 5 heterocycles. The number of furan rings is 1. The maximum absolute atomic E-state index is 13.1. The lowest BCUT2D eigenvalue weighted by Crippen LogP contribution is -2.49. The van der Waals surface area contributed by atoms with Crippen LogP contribution >= 0.6 is 11.3 Å². The number of rotatable bonds is 4. The van der Waals surface area contributed by atoms with Crippen molar-refractivity contribution in [3.05, 3.63) is 64.3 Å². The number of hydrogen-bond acceptors (Lipinski definition) is 5. The highest BCUT2D eigenvalue weighted by atomic mass is 32.1. The third-order valence-electron chi connectivity index (χ3n) is 5.34. The van der Waals surface area contributed by atoms with Crippen molar-refractivity contribution in [1.29, 1.82) is 0 Å². The molecule has 3 aromatic rings. The van der Waals surface area contributed by atoms with E-state index in [1.807, 2.05) is 36.2 Å². The Morgan fingerprint density at radius 3 is 2.92 bits per heavy atom. The fraction of sp³-hybridized carbons (Fsp3) is 0.368. The van der Waals surface area contributed by atoms with Gasteiger partial charge in [0.1, 0.15) is 5.69 Å². The van der Waals surface area contributed by atoms with Gasteiger partial charge in [-0.1, -0.05) is 0 Å². The third kappa shape index (κ3) is 2.59. The molecule has 2 atom stereocenters. The summed E-state index contributed by atoms with van der Waals surface area (Å²) in [5.41, 5.74) is 2.93. The fourth-order valence-electron chi connectivity index (χ4n) is 4.20. The van der Waals surface area contributed by atoms with E-state index in [1.165, 1.54) is 5.56 Å². The average molecular weight is 368 g/mol. The van der Waals surface area contributed by atoms with Gasteiger partial charge >= 0.3 is 0 Å². The molecule has 26 heavy (non-hydrogen) atoms. The molecule has 0 radical (unpaired) electrons. The van der Waals surface area contributed by atoms with E-state index < -0.39 is 0 Å². The maximum atomic E-state index is 13.1. The molecule has 5 rings (SSSR count). The number of likely N-dealkylation sites (tertiary alicyclic amines) is 1. The van der Waals surface area contributed by atoms with Gasteiger partial charge in [-0.3, -0.25) is 9.69 Å². The van der Waals surface area contributed by atoms with Crippen molar-refractivity contribution in [2.24, 2.45) is 0 Å². The number of nitrogens with zero attached hydrogens (tertiary/aromatic N) is 4. The molecule has 0 aliphatic carbocycles. The van der Waals surface area contributed by atoms with Crippen LogP contribution in [-0.4, -0.2) is 44.4 Å². The maximum Gasteiger partial charge on any atom is 0.271 e. The Bertz CT molecular complexity index is 929. The Morgan fingerprint density at radius 1 is 1.27 bits per heavy atom. The van der Waals surface area contributed by atoms with Gasteiger partial charge in [-0.05, 0) is 25.1 Å². The number of fused-ring (bicyclic) bond motifs is 3. The molecule has 0 aromatic carbocycles. The first kappa shape index (κ1) is 15.8. The Labute approximate surface area is 155 Å². The highest BCUT2D eigenvalue weighted by molar-refractivity contribution is 7.09. The lowest BCUT2D eigenvalue weighted by Gasteiger charge is -2.38. The fourth-order valence-corrected chi connectivity index (χ4v) is 4.81. The van der Waals surface area contributed by atoms with Gasteiger partial charge in [0.25, 0.3) is 5.91 Å². The molecule has 0 spiro atoms. The Morgan fingerprint density at radius 2 is 2.15 bits per heavy atom. The van der Waals surface area contributed by atoms with Crippen LogP contribution in [0.2, 0.25) is 0 Å². The predicted octanol–water partition coefficient (Wildman–Crippen LogP) is 2.93. The van der Waals surface area contributed by atoms with Crippen molar-refractivity contribution in [2.45, 2.75) is 32.1 Å². The van der Waals surface area contributed by atoms with E-state index in [9.17, 15) is 4.79 Å². The minimum absolute atomic E-state index is 0.104. The van der Waals surface area contributed by atoms with Crippen LogP contribution in [0, 0.1) is 6.92 Å². The van der Waals surface area contributed by atoms with Gasteiger partial charge in [-0.15, -0.1) is 11.3 Å². The van der Waals surface area contributed by atoms with E-state index in [4.69, 9.17) is 4.42 Å². The molecule has 3 aromatic heterocycles. The zero-order valence-corrected chi connectivity index (χ0v) is 15.4. The highest BCUT2D eigenvalue weighted by Gasteiger charge is 2.45. The average Bonchev–Trinajstić information content (AvgIpc) is 3.39. The van der Waals surface area contributed by atoms with Gasteiger partial charge in [0.15, 0.2) is 0 Å². The third-order valence-corrected chi connectivity index (χ3v) is 6.16. The Kier molecular flexibility index (Phi) is 3.72. The van der Waals surface area contributed by atoms with Crippen molar-refractivity contribution >= 4 is 17.2 Å². The topological polar surface area (TPSA) is 54.5 Å². The van der Waals surface area contributed by atoms with Crippen LogP contribution in [0.5, 0.6) is 0 Å². The molecule has 0 N–H and O–H groups in total. The van der Waals surface area contributed by atoms with Crippen molar-refractivity contribution in [3.63, 3.8) is 0 Å². The Balaban J connectivity index is 1.45. The summed E-state index contributed by atoms with van der Waals surface area (Å²) < 4.78 is 7.36.